The summed E-state index contributed by atoms with van der Waals surface area (Å²) in [5.41, 5.74) is 9.48. The molecule has 6 aromatic rings. The number of hydrogen-bond donors (Lipinski definition) is 13. The Morgan fingerprint density at radius 3 is 2.28 bits per heavy atom. The van der Waals surface area contributed by atoms with Gasteiger partial charge >= 0.3 is 17.9 Å². The number of hydrogen-bond acceptors (Lipinski definition) is 27. The largest absolute Gasteiger partial charge is 0.496 e. The van der Waals surface area contributed by atoms with Gasteiger partial charge in [0, 0.05) is 157 Å². The first-order valence-electron chi connectivity index (χ1n) is 42.2. The number of guanidine groups is 1. The van der Waals surface area contributed by atoms with Crippen LogP contribution in [0.15, 0.2) is 88.8 Å². The number of carbonyl (C=O) groups excluding carboxylic acids is 9. The summed E-state index contributed by atoms with van der Waals surface area (Å²) in [7, 11) is 7.40. The molecule has 34 nitrogen and oxygen atoms in total. The number of aliphatic carboxylic acids is 1. The number of carboxylic acid groups (broad SMARTS) is 1. The number of Topliss-reactive ketones (excluding diaryl/α,β-unsaturated/α-hetero) is 3. The summed E-state index contributed by atoms with van der Waals surface area (Å²) >= 11 is 0. The molecule has 14 atom stereocenters. The molecule has 1 saturated carbocycles. The van der Waals surface area contributed by atoms with Crippen molar-refractivity contribution >= 4 is 120 Å². The van der Waals surface area contributed by atoms with Crippen LogP contribution in [0.3, 0.4) is 0 Å². The maximum Gasteiger partial charge on any atom is 0.325 e. The molecule has 36 heteroatoms. The second-order valence-corrected chi connectivity index (χ2v) is 36.3. The van der Waals surface area contributed by atoms with Crippen molar-refractivity contribution in [3.05, 3.63) is 129 Å². The van der Waals surface area contributed by atoms with Crippen LogP contribution in [0.4, 0.5) is 11.4 Å². The van der Waals surface area contributed by atoms with Gasteiger partial charge in [-0.2, -0.15) is 0 Å². The van der Waals surface area contributed by atoms with Gasteiger partial charge in [0.1, 0.15) is 42.0 Å². The highest BCUT2D eigenvalue weighted by Gasteiger charge is 2.79. The van der Waals surface area contributed by atoms with Crippen LogP contribution < -0.4 is 53.2 Å². The van der Waals surface area contributed by atoms with E-state index in [1.165, 1.54) is 48.7 Å². The molecular weight excluding hydrogens is 1620 g/mol. The van der Waals surface area contributed by atoms with E-state index < -0.39 is 142 Å². The summed E-state index contributed by atoms with van der Waals surface area (Å²) in [6.07, 6.45) is 5.65. The number of amides is 4. The van der Waals surface area contributed by atoms with E-state index >= 15 is 9.59 Å². The Bertz CT molecular complexity index is 5100. The number of aliphatic hydroxyl groups is 3. The first kappa shape index (κ1) is 91.8. The monoisotopic (exact) mass is 1730 g/mol. The van der Waals surface area contributed by atoms with Crippen molar-refractivity contribution in [2.24, 2.45) is 39.6 Å². The van der Waals surface area contributed by atoms with Crippen LogP contribution in [0.25, 0.3) is 22.1 Å². The summed E-state index contributed by atoms with van der Waals surface area (Å²) in [5, 5.41) is 63.6. The molecule has 123 heavy (non-hydrogen) atoms. The maximum absolute atomic E-state index is 15.6. The third-order valence-corrected chi connectivity index (χ3v) is 28.0. The van der Waals surface area contributed by atoms with E-state index in [4.69, 9.17) is 25.7 Å². The topological polar surface area (TPSA) is 501 Å². The number of aromatic nitrogens is 5. The van der Waals surface area contributed by atoms with E-state index in [0.717, 1.165) is 22.0 Å². The lowest BCUT2D eigenvalue weighted by molar-refractivity contribution is -0.203. The maximum atomic E-state index is 15.6. The number of H-pyrrole nitrogens is 2. The van der Waals surface area contributed by atoms with Crippen molar-refractivity contribution in [2.45, 2.75) is 190 Å². The van der Waals surface area contributed by atoms with Gasteiger partial charge in [-0.3, -0.25) is 67.5 Å². The molecule has 1 aliphatic carbocycles. The van der Waals surface area contributed by atoms with Crippen LogP contribution in [0, 0.1) is 30.1 Å². The molecule has 5 aliphatic heterocycles. The van der Waals surface area contributed by atoms with Gasteiger partial charge in [0.2, 0.25) is 11.8 Å². The van der Waals surface area contributed by atoms with Gasteiger partial charge in [0.05, 0.1) is 62.8 Å². The van der Waals surface area contributed by atoms with Crippen LogP contribution in [-0.2, 0) is 76.4 Å². The number of likely N-dealkylation sites (N-methyl/N-ethyl adjacent to an activating group) is 1. The van der Waals surface area contributed by atoms with Gasteiger partial charge in [0.15, 0.2) is 34.3 Å². The molecule has 2 saturated heterocycles. The van der Waals surface area contributed by atoms with Crippen molar-refractivity contribution in [1.29, 1.82) is 0 Å². The summed E-state index contributed by atoms with van der Waals surface area (Å²) in [6, 6.07) is 14.4. The first-order valence-corrected chi connectivity index (χ1v) is 44.7. The van der Waals surface area contributed by atoms with Crippen molar-refractivity contribution in [3.63, 3.8) is 0 Å². The standard InChI is InChI=1S/C87H114N16O18S2/c1-9-83(117)42-52-43-86(81(116)120-8,71-58(26-32-102(47-52)48-83)57-18-11-12-19-61(57)98-71)60-39-59-64(41-67(60)119-7)101(6)78-85(59)28-33-103-31-16-27-84(10-2,77(85)103)79(114)87(78,118)80(115)94-46-69(109)121-34-36-123-122-35-15-21-65(105)63(40-68(107)108)100-74(111)50(4)38-66(106)62(20-14-30-91-82(88)89)99-73(110)49(3)37-56(104)17-13-29-90-75(112)53-22-24-54(25-23-53)92-44-55-45-93-72-70(97-55)76(113)96-51(5)95-72/h11-12,16,18-19,22-25,27,39,41,45,49-50,52,62-63,77-79,92,98,114,117-118H,9-10,13-15,17,20-21,26,28-38,40,42-44,46-48H2,1-8H3,(H,90,112)(H,94,115)(H,99,110)(H,100,111)(H,107,108)(H4,88,89,91)(H,93,95,96,113)/t49-,50-,52-,62+,63+,77+,78-,79-,83+,84-,85-,86+,87+/m1/s1. The van der Waals surface area contributed by atoms with Gasteiger partial charge in [-0.15, -0.1) is 0 Å². The summed E-state index contributed by atoms with van der Waals surface area (Å²) in [6.45, 7) is 11.1. The number of nitrogens with zero attached hydrogens (tertiary/aromatic N) is 7. The Balaban J connectivity index is 0.608. The molecular formula is C87H114N16O18S2. The minimum absolute atomic E-state index is 0.0412. The van der Waals surface area contributed by atoms with E-state index in [2.05, 4.69) is 72.4 Å². The molecule has 0 radical (unpaired) electrons. The van der Waals surface area contributed by atoms with Crippen molar-refractivity contribution in [2.75, 3.05) is 102 Å². The average Bonchev–Trinajstić information content (AvgIpc) is 1.49. The van der Waals surface area contributed by atoms with Crippen LogP contribution in [0.2, 0.25) is 0 Å². The smallest absolute Gasteiger partial charge is 0.325 e. The number of rotatable bonds is 40. The van der Waals surface area contributed by atoms with Crippen LogP contribution in [0.1, 0.15) is 162 Å². The van der Waals surface area contributed by atoms with Gasteiger partial charge in [0.25, 0.3) is 17.4 Å². The Hall–Kier alpha value is -10.4. The fourth-order valence-corrected chi connectivity index (χ4v) is 21.7. The van der Waals surface area contributed by atoms with Gasteiger partial charge < -0.3 is 87.6 Å². The molecule has 662 valence electrons. The summed E-state index contributed by atoms with van der Waals surface area (Å²) < 4.78 is 18.0. The Morgan fingerprint density at radius 1 is 0.821 bits per heavy atom. The number of aliphatic imine (C=N–C) groups is 1. The number of carboxylic acids is 1. The molecule has 4 amide bonds. The zero-order valence-electron chi connectivity index (χ0n) is 70.8. The fourth-order valence-electron chi connectivity index (χ4n) is 19.8. The molecule has 1 unspecified atom stereocenters. The van der Waals surface area contributed by atoms with E-state index in [1.54, 1.807) is 45.3 Å². The molecule has 3 aromatic carbocycles. The third kappa shape index (κ3) is 19.3. The Morgan fingerprint density at radius 2 is 1.56 bits per heavy atom. The van der Waals surface area contributed by atoms with Crippen molar-refractivity contribution in [1.82, 2.24) is 56.0 Å². The summed E-state index contributed by atoms with van der Waals surface area (Å²) in [4.78, 5) is 179. The number of ketones is 3. The minimum atomic E-state index is -2.58. The number of aryl methyl sites for hydroxylation is 1. The number of nitrogens with two attached hydrogens (primary N) is 2. The molecule has 3 fully saturated rings. The van der Waals surface area contributed by atoms with Crippen LogP contribution in [-0.4, -0.2) is 253 Å². The second-order valence-electron chi connectivity index (χ2n) is 33.6. The highest BCUT2D eigenvalue weighted by molar-refractivity contribution is 8.76. The molecule has 3 aromatic heterocycles. The SMILES string of the molecule is CC[C@]1(O)C[C@H]2CN(CCc3c([nH]c4ccccc34)[C@@](C(=O)OC)(c3cc4c(cc3OC)N(C)[C@H]3[C@@](O)(C(=O)NCC(=O)OCCSSCCCC(=O)[C@H](CC(=O)O)NC(=O)[C@H](C)CC(=O)[C@H](CCCN=C(N)N)NC(=O)[C@H](C)CC(=O)CCCNC(=O)c5ccc(NCc6cnc7nc(C)[nH]c(=O)c7n6)cc5)[C@H](O)[C@]5(CC)C=CCN6CC[C@]43[C@@H]65)C2)C1. The number of piperidine rings is 1. The Labute approximate surface area is 720 Å². The number of carbonyl (C=O) groups is 10. The normalized spacial score (nSPS) is 24.6. The van der Waals surface area contributed by atoms with Crippen LogP contribution >= 0.6 is 21.6 Å². The molecule has 8 heterocycles. The summed E-state index contributed by atoms with van der Waals surface area (Å²) in [5.74, 6) is -7.70. The fraction of sp³-hybridized carbons (Fsp3) is 0.552. The lowest BCUT2D eigenvalue weighted by Gasteiger charge is -2.63. The van der Waals surface area contributed by atoms with Crippen LogP contribution in [0.5, 0.6) is 5.75 Å². The van der Waals surface area contributed by atoms with E-state index in [9.17, 15) is 63.6 Å². The highest BCUT2D eigenvalue weighted by Crippen LogP contribution is 2.68. The number of nitrogens with one attached hydrogen (secondary N) is 7. The molecule has 1 spiro atoms. The lowest BCUT2D eigenvalue weighted by Crippen LogP contribution is -2.81. The zero-order chi connectivity index (χ0) is 88.5. The predicted octanol–water partition coefficient (Wildman–Crippen LogP) is 4.48. The minimum Gasteiger partial charge on any atom is -0.496 e. The molecule has 2 bridgehead atoms. The van der Waals surface area contributed by atoms with Crippen molar-refractivity contribution in [3.8, 4) is 5.75 Å². The first-order chi connectivity index (χ1) is 58.8. The van der Waals surface area contributed by atoms with Gasteiger partial charge in [-0.05, 0) is 131 Å². The number of aromatic amines is 2. The second kappa shape index (κ2) is 39.2. The van der Waals surface area contributed by atoms with E-state index in [-0.39, 0.29) is 118 Å². The number of esters is 2. The zero-order valence-corrected chi connectivity index (χ0v) is 72.5. The van der Waals surface area contributed by atoms with Gasteiger partial charge in [-0.25, -0.2) is 15.0 Å². The average molecular weight is 1740 g/mol. The molecule has 6 aliphatic rings. The Kier molecular flexibility index (Phi) is 29.3. The predicted molar refractivity (Wildman–Crippen MR) is 464 cm³/mol. The number of ether oxygens (including phenoxy) is 3. The quantitative estimate of drug-likeness (QED) is 0.00629. The van der Waals surface area contributed by atoms with Crippen molar-refractivity contribution < 1.29 is 82.6 Å². The lowest BCUT2D eigenvalue weighted by atomic mass is 9.47. The highest BCUT2D eigenvalue weighted by atomic mass is 33.1. The number of methoxy groups -OCH3 is 2. The number of aliphatic hydroxyl groups excluding tert-OH is 1. The van der Waals surface area contributed by atoms with E-state index in [1.807, 2.05) is 61.2 Å². The number of para-hydroxylation sites is 1. The number of benzene rings is 3. The molecule has 12 rings (SSSR count). The molecule has 15 N–H and O–H groups in total. The van der Waals surface area contributed by atoms with E-state index in [0.29, 0.717) is 116 Å². The number of fused-ring (bicyclic) bond motifs is 7. The third-order valence-electron chi connectivity index (χ3n) is 25.6. The number of anilines is 2. The van der Waals surface area contributed by atoms with Gasteiger partial charge in [-0.1, -0.05) is 79.6 Å².